The topological polar surface area (TPSA) is 92.5 Å². The predicted octanol–water partition coefficient (Wildman–Crippen LogP) is 2.67. The highest BCUT2D eigenvalue weighted by molar-refractivity contribution is 7.92. The molecule has 7 heteroatoms. The summed E-state index contributed by atoms with van der Waals surface area (Å²) >= 11 is 0. The minimum absolute atomic E-state index is 0.0772. The summed E-state index contributed by atoms with van der Waals surface area (Å²) in [7, 11) is -3.79. The van der Waals surface area contributed by atoms with Crippen LogP contribution < -0.4 is 10.5 Å². The van der Waals surface area contributed by atoms with Gasteiger partial charge in [0, 0.05) is 24.7 Å². The molecule has 27 heavy (non-hydrogen) atoms. The Balaban J connectivity index is 1.88. The fourth-order valence-corrected chi connectivity index (χ4v) is 4.32. The lowest BCUT2D eigenvalue weighted by Gasteiger charge is -2.30. The molecule has 0 unspecified atom stereocenters. The van der Waals surface area contributed by atoms with Gasteiger partial charge in [-0.1, -0.05) is 24.3 Å². The van der Waals surface area contributed by atoms with Crippen LogP contribution in [0.4, 0.5) is 5.69 Å². The second-order valence-electron chi connectivity index (χ2n) is 7.03. The van der Waals surface area contributed by atoms with Gasteiger partial charge in [-0.05, 0) is 56.0 Å². The third kappa shape index (κ3) is 4.31. The first-order valence-corrected chi connectivity index (χ1v) is 10.5. The van der Waals surface area contributed by atoms with E-state index >= 15 is 0 Å². The Morgan fingerprint density at radius 2 is 1.74 bits per heavy atom. The average Bonchev–Trinajstić information content (AvgIpc) is 2.64. The highest BCUT2D eigenvalue weighted by Crippen LogP contribution is 2.23. The zero-order valence-electron chi connectivity index (χ0n) is 15.6. The maximum absolute atomic E-state index is 12.9. The van der Waals surface area contributed by atoms with Crippen molar-refractivity contribution in [1.29, 1.82) is 0 Å². The number of hydrogen-bond acceptors (Lipinski definition) is 4. The lowest BCUT2D eigenvalue weighted by molar-refractivity contribution is 0.0713. The summed E-state index contributed by atoms with van der Waals surface area (Å²) in [6, 6.07) is 12.0. The maximum Gasteiger partial charge on any atom is 0.261 e. The van der Waals surface area contributed by atoms with Gasteiger partial charge in [0.15, 0.2) is 0 Å². The van der Waals surface area contributed by atoms with Crippen LogP contribution in [0.2, 0.25) is 0 Å². The molecule has 0 atom stereocenters. The van der Waals surface area contributed by atoms with Gasteiger partial charge < -0.3 is 10.6 Å². The Morgan fingerprint density at radius 3 is 2.41 bits per heavy atom. The fourth-order valence-electron chi connectivity index (χ4n) is 3.16. The number of benzene rings is 2. The molecule has 3 N–H and O–H groups in total. The molecule has 1 fully saturated rings. The Kier molecular flexibility index (Phi) is 5.53. The Morgan fingerprint density at radius 1 is 1.07 bits per heavy atom. The number of amides is 1. The Bertz CT molecular complexity index is 949. The van der Waals surface area contributed by atoms with E-state index in [-0.39, 0.29) is 16.8 Å². The molecular weight excluding hydrogens is 362 g/mol. The van der Waals surface area contributed by atoms with Crippen LogP contribution in [0.15, 0.2) is 47.4 Å². The van der Waals surface area contributed by atoms with E-state index < -0.39 is 10.0 Å². The van der Waals surface area contributed by atoms with Crippen molar-refractivity contribution in [3.8, 4) is 0 Å². The molecule has 0 spiro atoms. The van der Waals surface area contributed by atoms with E-state index in [1.165, 1.54) is 12.1 Å². The molecule has 1 aliphatic heterocycles. The number of para-hydroxylation sites is 1. The van der Waals surface area contributed by atoms with Crippen LogP contribution in [0, 0.1) is 13.8 Å². The van der Waals surface area contributed by atoms with Crippen molar-refractivity contribution in [2.75, 3.05) is 17.8 Å². The zero-order chi connectivity index (χ0) is 19.6. The highest BCUT2D eigenvalue weighted by atomic mass is 32.2. The highest BCUT2D eigenvalue weighted by Gasteiger charge is 2.25. The number of hydrogen-bond donors (Lipinski definition) is 2. The van der Waals surface area contributed by atoms with Crippen LogP contribution in [0.1, 0.15) is 34.3 Å². The summed E-state index contributed by atoms with van der Waals surface area (Å²) in [6.07, 6.45) is 1.52. The molecule has 1 heterocycles. The van der Waals surface area contributed by atoms with Gasteiger partial charge in [-0.25, -0.2) is 8.42 Å². The van der Waals surface area contributed by atoms with E-state index in [4.69, 9.17) is 5.73 Å². The minimum atomic E-state index is -3.79. The van der Waals surface area contributed by atoms with E-state index in [2.05, 4.69) is 4.72 Å². The fraction of sp³-hybridized carbons (Fsp3) is 0.350. The molecule has 2 aromatic carbocycles. The van der Waals surface area contributed by atoms with E-state index in [0.29, 0.717) is 24.3 Å². The van der Waals surface area contributed by atoms with Crippen LogP contribution in [0.3, 0.4) is 0 Å². The number of carbonyl (C=O) groups excluding carboxylic acids is 1. The quantitative estimate of drug-likeness (QED) is 0.844. The minimum Gasteiger partial charge on any atom is -0.339 e. The maximum atomic E-state index is 12.9. The zero-order valence-corrected chi connectivity index (χ0v) is 16.4. The lowest BCUT2D eigenvalue weighted by atomic mass is 10.0. The number of carbonyl (C=O) groups is 1. The Hall–Kier alpha value is -2.38. The standard InChI is InChI=1S/C20H25N3O3S/c1-14-7-8-17(27(25,26)22-19-6-4-3-5-15(19)2)13-18(14)20(24)23-11-9-16(21)10-12-23/h3-8,13,16,22H,9-12,21H2,1-2H3. The molecule has 0 bridgehead atoms. The van der Waals surface area contributed by atoms with E-state index in [1.807, 2.05) is 26.0 Å². The SMILES string of the molecule is Cc1ccccc1NS(=O)(=O)c1ccc(C)c(C(=O)N2CCC(N)CC2)c1. The van der Waals surface area contributed by atoms with Crippen molar-refractivity contribution < 1.29 is 13.2 Å². The molecule has 2 aromatic rings. The Labute approximate surface area is 160 Å². The number of rotatable bonds is 4. The second kappa shape index (κ2) is 7.70. The summed E-state index contributed by atoms with van der Waals surface area (Å²) in [5.74, 6) is -0.146. The summed E-state index contributed by atoms with van der Waals surface area (Å²) in [4.78, 5) is 14.7. The number of aryl methyl sites for hydroxylation is 2. The molecule has 6 nitrogen and oxygen atoms in total. The third-order valence-corrected chi connectivity index (χ3v) is 6.33. The van der Waals surface area contributed by atoms with Gasteiger partial charge >= 0.3 is 0 Å². The van der Waals surface area contributed by atoms with Crippen molar-refractivity contribution in [2.45, 2.75) is 37.6 Å². The van der Waals surface area contributed by atoms with Gasteiger partial charge in [0.1, 0.15) is 0 Å². The van der Waals surface area contributed by atoms with Crippen LogP contribution in [0.25, 0.3) is 0 Å². The molecule has 1 amide bonds. The van der Waals surface area contributed by atoms with Crippen LogP contribution >= 0.6 is 0 Å². The smallest absolute Gasteiger partial charge is 0.261 e. The monoisotopic (exact) mass is 387 g/mol. The summed E-state index contributed by atoms with van der Waals surface area (Å²) in [5.41, 5.74) is 8.43. The normalized spacial score (nSPS) is 15.6. The van der Waals surface area contributed by atoms with E-state index in [1.54, 1.807) is 23.1 Å². The summed E-state index contributed by atoms with van der Waals surface area (Å²) < 4.78 is 28.2. The summed E-state index contributed by atoms with van der Waals surface area (Å²) in [5, 5.41) is 0. The average molecular weight is 388 g/mol. The van der Waals surface area contributed by atoms with Crippen LogP contribution in [0.5, 0.6) is 0 Å². The summed E-state index contributed by atoms with van der Waals surface area (Å²) in [6.45, 7) is 4.84. The molecule has 144 valence electrons. The van der Waals surface area contributed by atoms with Crippen molar-refractivity contribution in [3.63, 3.8) is 0 Å². The van der Waals surface area contributed by atoms with Crippen LogP contribution in [-0.2, 0) is 10.0 Å². The van der Waals surface area contributed by atoms with Crippen molar-refractivity contribution in [1.82, 2.24) is 4.90 Å². The number of likely N-dealkylation sites (tertiary alicyclic amines) is 1. The molecule has 0 aromatic heterocycles. The molecule has 1 aliphatic rings. The van der Waals surface area contributed by atoms with Gasteiger partial charge in [0.25, 0.3) is 15.9 Å². The van der Waals surface area contributed by atoms with Crippen molar-refractivity contribution in [3.05, 3.63) is 59.2 Å². The van der Waals surface area contributed by atoms with Gasteiger partial charge in [-0.15, -0.1) is 0 Å². The molecule has 3 rings (SSSR count). The van der Waals surface area contributed by atoms with Gasteiger partial charge in [-0.3, -0.25) is 9.52 Å². The van der Waals surface area contributed by atoms with Gasteiger partial charge in [-0.2, -0.15) is 0 Å². The van der Waals surface area contributed by atoms with Crippen molar-refractivity contribution >= 4 is 21.6 Å². The molecule has 0 saturated carbocycles. The van der Waals surface area contributed by atoms with Crippen LogP contribution in [-0.4, -0.2) is 38.4 Å². The first kappa shape index (κ1) is 19.4. The molecule has 1 saturated heterocycles. The number of nitrogens with zero attached hydrogens (tertiary/aromatic N) is 1. The van der Waals surface area contributed by atoms with E-state index in [0.717, 1.165) is 24.0 Å². The number of sulfonamides is 1. The van der Waals surface area contributed by atoms with Crippen molar-refractivity contribution in [2.24, 2.45) is 5.73 Å². The first-order valence-electron chi connectivity index (χ1n) is 9.02. The number of nitrogens with one attached hydrogen (secondary N) is 1. The van der Waals surface area contributed by atoms with Gasteiger partial charge in [0.05, 0.1) is 10.6 Å². The predicted molar refractivity (Wildman–Crippen MR) is 106 cm³/mol. The number of anilines is 1. The third-order valence-electron chi connectivity index (χ3n) is 4.97. The largest absolute Gasteiger partial charge is 0.339 e. The molecule has 0 aliphatic carbocycles. The number of nitrogens with two attached hydrogens (primary N) is 1. The number of piperidine rings is 1. The first-order chi connectivity index (χ1) is 12.8. The second-order valence-corrected chi connectivity index (χ2v) is 8.71. The van der Waals surface area contributed by atoms with E-state index in [9.17, 15) is 13.2 Å². The molecule has 0 radical (unpaired) electrons. The molecular formula is C20H25N3O3S. The lowest BCUT2D eigenvalue weighted by Crippen LogP contribution is -2.43. The van der Waals surface area contributed by atoms with Gasteiger partial charge in [0.2, 0.25) is 0 Å².